The fraction of sp³-hybridized carbons (Fsp3) is 1.00. The molecule has 0 bridgehead atoms. The Morgan fingerprint density at radius 3 is 2.18 bits per heavy atom. The Balaban J connectivity index is 3.83. The van der Waals surface area contributed by atoms with E-state index in [4.69, 9.17) is 34.8 Å². The first-order valence-corrected chi connectivity index (χ1v) is 5.30. The van der Waals surface area contributed by atoms with E-state index in [9.17, 15) is 0 Å². The van der Waals surface area contributed by atoms with Crippen molar-refractivity contribution in [2.75, 3.05) is 11.8 Å². The Labute approximate surface area is 84.2 Å². The van der Waals surface area contributed by atoms with E-state index in [0.717, 1.165) is 12.8 Å². The maximum atomic E-state index is 6.22. The molecule has 0 spiro atoms. The summed E-state index contributed by atoms with van der Waals surface area (Å²) in [7, 11) is 0. The molecule has 2 atom stereocenters. The predicted octanol–water partition coefficient (Wildman–Crippen LogP) is 3.88. The molecule has 0 heterocycles. The second-order valence-corrected chi connectivity index (χ2v) is 4.72. The molecule has 0 aliphatic heterocycles. The topological polar surface area (TPSA) is 0 Å². The highest BCUT2D eigenvalue weighted by molar-refractivity contribution is 6.25. The lowest BCUT2D eigenvalue weighted by Crippen LogP contribution is -2.27. The fourth-order valence-electron chi connectivity index (χ4n) is 0.896. The molecule has 0 nitrogen and oxygen atoms in total. The van der Waals surface area contributed by atoms with E-state index >= 15 is 0 Å². The normalized spacial score (nSPS) is 19.4. The molecule has 0 amide bonds. The molecular formula is C8H15Cl3. The minimum absolute atomic E-state index is 0.184. The molecule has 68 valence electrons. The molecule has 0 saturated carbocycles. The van der Waals surface area contributed by atoms with E-state index in [2.05, 4.69) is 6.92 Å². The van der Waals surface area contributed by atoms with E-state index in [1.54, 1.807) is 0 Å². The number of hydrogen-bond donors (Lipinski definition) is 0. The predicted molar refractivity (Wildman–Crippen MR) is 54.1 cm³/mol. The highest BCUT2D eigenvalue weighted by atomic mass is 35.5. The van der Waals surface area contributed by atoms with E-state index in [0.29, 0.717) is 17.7 Å². The molecule has 0 fully saturated rings. The molecule has 11 heavy (non-hydrogen) atoms. The van der Waals surface area contributed by atoms with Crippen LogP contribution in [0.25, 0.3) is 0 Å². The van der Waals surface area contributed by atoms with Crippen molar-refractivity contribution in [1.29, 1.82) is 0 Å². The van der Waals surface area contributed by atoms with Crippen LogP contribution < -0.4 is 0 Å². The maximum Gasteiger partial charge on any atom is 0.0456 e. The summed E-state index contributed by atoms with van der Waals surface area (Å²) in [6.45, 7) is 4.14. The van der Waals surface area contributed by atoms with Gasteiger partial charge in [0.05, 0.1) is 0 Å². The van der Waals surface area contributed by atoms with Gasteiger partial charge in [0.15, 0.2) is 0 Å². The number of halogens is 3. The molecule has 0 aromatic rings. The van der Waals surface area contributed by atoms with Gasteiger partial charge in [0.25, 0.3) is 0 Å². The third-order valence-electron chi connectivity index (χ3n) is 2.15. The largest absolute Gasteiger partial charge is 0.127 e. The van der Waals surface area contributed by atoms with Crippen LogP contribution in [0.5, 0.6) is 0 Å². The molecule has 0 radical (unpaired) electrons. The van der Waals surface area contributed by atoms with Crippen LogP contribution >= 0.6 is 34.8 Å². The summed E-state index contributed by atoms with van der Waals surface area (Å²) in [4.78, 5) is -0.184. The monoisotopic (exact) mass is 216 g/mol. The van der Waals surface area contributed by atoms with Crippen LogP contribution in [-0.2, 0) is 0 Å². The first kappa shape index (κ1) is 11.9. The fourth-order valence-corrected chi connectivity index (χ4v) is 1.92. The molecule has 3 heteroatoms. The zero-order valence-electron chi connectivity index (χ0n) is 7.04. The second kappa shape index (κ2) is 5.50. The first-order chi connectivity index (χ1) is 5.04. The third-order valence-corrected chi connectivity index (χ3v) is 3.12. The standard InChI is InChI=1S/C8H15Cl3/c1-7(3-5-9)8(2,11)4-6-10/h7H,3-6H2,1-2H3. The number of alkyl halides is 3. The Hall–Kier alpha value is 0.870. The van der Waals surface area contributed by atoms with Gasteiger partial charge in [0.1, 0.15) is 0 Å². The van der Waals surface area contributed by atoms with Crippen LogP contribution in [0.1, 0.15) is 26.7 Å². The molecule has 2 unspecified atom stereocenters. The van der Waals surface area contributed by atoms with Crippen LogP contribution in [0.15, 0.2) is 0 Å². The summed E-state index contributed by atoms with van der Waals surface area (Å²) in [5.74, 6) is 1.72. The summed E-state index contributed by atoms with van der Waals surface area (Å²) in [5.41, 5.74) is 0. The van der Waals surface area contributed by atoms with Crippen LogP contribution in [0.4, 0.5) is 0 Å². The van der Waals surface area contributed by atoms with Crippen molar-refractivity contribution >= 4 is 34.8 Å². The van der Waals surface area contributed by atoms with Gasteiger partial charge in [0, 0.05) is 16.6 Å². The summed E-state index contributed by atoms with van der Waals surface area (Å²) in [6, 6.07) is 0. The molecule has 0 aromatic heterocycles. The molecule has 0 aliphatic carbocycles. The lowest BCUT2D eigenvalue weighted by molar-refractivity contribution is 0.404. The van der Waals surface area contributed by atoms with Crippen molar-refractivity contribution in [1.82, 2.24) is 0 Å². The Morgan fingerprint density at radius 1 is 1.27 bits per heavy atom. The summed E-state index contributed by atoms with van der Waals surface area (Å²) in [5, 5.41) is 0. The average molecular weight is 218 g/mol. The maximum absolute atomic E-state index is 6.22. The Morgan fingerprint density at radius 2 is 1.82 bits per heavy atom. The molecule has 0 N–H and O–H groups in total. The van der Waals surface area contributed by atoms with Crippen molar-refractivity contribution in [2.45, 2.75) is 31.6 Å². The van der Waals surface area contributed by atoms with Crippen LogP contribution in [0.3, 0.4) is 0 Å². The van der Waals surface area contributed by atoms with Crippen LogP contribution in [0.2, 0.25) is 0 Å². The highest BCUT2D eigenvalue weighted by Gasteiger charge is 2.26. The van der Waals surface area contributed by atoms with E-state index < -0.39 is 0 Å². The van der Waals surface area contributed by atoms with Crippen molar-refractivity contribution in [3.8, 4) is 0 Å². The Kier molecular flexibility index (Phi) is 5.94. The van der Waals surface area contributed by atoms with Gasteiger partial charge in [-0.15, -0.1) is 34.8 Å². The van der Waals surface area contributed by atoms with Crippen LogP contribution in [0, 0.1) is 5.92 Å². The van der Waals surface area contributed by atoms with Gasteiger partial charge in [-0.1, -0.05) is 6.92 Å². The first-order valence-electron chi connectivity index (χ1n) is 3.85. The van der Waals surface area contributed by atoms with E-state index in [1.807, 2.05) is 6.92 Å². The minimum atomic E-state index is -0.184. The van der Waals surface area contributed by atoms with Crippen molar-refractivity contribution in [2.24, 2.45) is 5.92 Å². The average Bonchev–Trinajstić information content (AvgIpc) is 1.88. The molecular weight excluding hydrogens is 202 g/mol. The van der Waals surface area contributed by atoms with Crippen molar-refractivity contribution in [3.05, 3.63) is 0 Å². The van der Waals surface area contributed by atoms with Gasteiger partial charge in [0.2, 0.25) is 0 Å². The lowest BCUT2D eigenvalue weighted by atomic mass is 9.90. The van der Waals surface area contributed by atoms with E-state index in [-0.39, 0.29) is 4.87 Å². The zero-order chi connectivity index (χ0) is 8.91. The highest BCUT2D eigenvalue weighted by Crippen LogP contribution is 2.31. The van der Waals surface area contributed by atoms with Gasteiger partial charge in [-0.25, -0.2) is 0 Å². The Bertz CT molecular complexity index is 102. The molecule has 0 rings (SSSR count). The summed E-state index contributed by atoms with van der Waals surface area (Å²) < 4.78 is 0. The summed E-state index contributed by atoms with van der Waals surface area (Å²) in [6.07, 6.45) is 1.80. The van der Waals surface area contributed by atoms with Gasteiger partial charge >= 0.3 is 0 Å². The van der Waals surface area contributed by atoms with Crippen molar-refractivity contribution in [3.63, 3.8) is 0 Å². The third kappa shape index (κ3) is 4.45. The smallest absolute Gasteiger partial charge is 0.0456 e. The lowest BCUT2D eigenvalue weighted by Gasteiger charge is -2.28. The van der Waals surface area contributed by atoms with Gasteiger partial charge < -0.3 is 0 Å². The van der Waals surface area contributed by atoms with Gasteiger partial charge in [-0.05, 0) is 25.7 Å². The molecule has 0 saturated heterocycles. The van der Waals surface area contributed by atoms with Crippen LogP contribution in [-0.4, -0.2) is 16.6 Å². The molecule has 0 aliphatic rings. The second-order valence-electron chi connectivity index (χ2n) is 3.10. The minimum Gasteiger partial charge on any atom is -0.127 e. The summed E-state index contributed by atoms with van der Waals surface area (Å²) >= 11 is 17.4. The van der Waals surface area contributed by atoms with Crippen molar-refractivity contribution < 1.29 is 0 Å². The quantitative estimate of drug-likeness (QED) is 0.613. The SMILES string of the molecule is CC(CCCl)C(C)(Cl)CCCl. The molecule has 0 aromatic carbocycles. The van der Waals surface area contributed by atoms with E-state index in [1.165, 1.54) is 0 Å². The number of rotatable bonds is 5. The number of hydrogen-bond acceptors (Lipinski definition) is 0. The van der Waals surface area contributed by atoms with Gasteiger partial charge in [-0.3, -0.25) is 0 Å². The van der Waals surface area contributed by atoms with Gasteiger partial charge in [-0.2, -0.15) is 0 Å². The zero-order valence-corrected chi connectivity index (χ0v) is 9.31.